The fraction of sp³-hybridized carbons (Fsp3) is 0.650. The molecular weight excluding hydrogens is 360 g/mol. The highest BCUT2D eigenvalue weighted by Crippen LogP contribution is 2.41. The second-order valence-corrected chi connectivity index (χ2v) is 8.34. The predicted molar refractivity (Wildman–Crippen MR) is 103 cm³/mol. The number of hydrogen-bond donors (Lipinski definition) is 0. The lowest BCUT2D eigenvalue weighted by Crippen LogP contribution is -2.59. The molecule has 2 bridgehead atoms. The van der Waals surface area contributed by atoms with Crippen LogP contribution >= 0.6 is 0 Å². The number of amides is 2. The van der Waals surface area contributed by atoms with Crippen molar-refractivity contribution in [3.8, 4) is 0 Å². The SMILES string of the molecule is CN(C)C(=O)[C@H]1[C@H]2C[C@H](CN(C(=O)[C@H]3COCCN3C)C2)c2cccc(=O)n21. The van der Waals surface area contributed by atoms with Crippen molar-refractivity contribution >= 4 is 11.8 Å². The minimum Gasteiger partial charge on any atom is -0.378 e. The van der Waals surface area contributed by atoms with E-state index in [1.807, 2.05) is 22.9 Å². The first kappa shape index (κ1) is 19.1. The normalized spacial score (nSPS) is 29.9. The van der Waals surface area contributed by atoms with Gasteiger partial charge in [-0.1, -0.05) is 6.07 Å². The number of nitrogens with zero attached hydrogens (tertiary/aromatic N) is 4. The molecule has 8 heteroatoms. The number of fused-ring (bicyclic) bond motifs is 4. The molecule has 4 atom stereocenters. The third kappa shape index (κ3) is 3.14. The Balaban J connectivity index is 1.68. The first-order chi connectivity index (χ1) is 13.4. The summed E-state index contributed by atoms with van der Waals surface area (Å²) < 4.78 is 7.19. The first-order valence-corrected chi connectivity index (χ1v) is 9.88. The van der Waals surface area contributed by atoms with E-state index in [4.69, 9.17) is 4.74 Å². The van der Waals surface area contributed by atoms with E-state index in [2.05, 4.69) is 0 Å². The average molecular weight is 388 g/mol. The van der Waals surface area contributed by atoms with Gasteiger partial charge in [-0.25, -0.2) is 0 Å². The highest BCUT2D eigenvalue weighted by atomic mass is 16.5. The molecule has 4 rings (SSSR count). The Hall–Kier alpha value is -2.19. The number of carbonyl (C=O) groups is 2. The molecule has 1 aromatic rings. The zero-order valence-electron chi connectivity index (χ0n) is 16.7. The summed E-state index contributed by atoms with van der Waals surface area (Å²) in [6.07, 6.45) is 0.814. The van der Waals surface area contributed by atoms with Gasteiger partial charge in [0, 0.05) is 57.3 Å². The summed E-state index contributed by atoms with van der Waals surface area (Å²) in [7, 11) is 5.37. The quantitative estimate of drug-likeness (QED) is 0.699. The summed E-state index contributed by atoms with van der Waals surface area (Å²) in [6, 6.07) is 4.33. The van der Waals surface area contributed by atoms with Gasteiger partial charge in [-0.15, -0.1) is 0 Å². The van der Waals surface area contributed by atoms with Gasteiger partial charge in [0.15, 0.2) is 0 Å². The lowest BCUT2D eigenvalue weighted by atomic mass is 9.77. The summed E-state index contributed by atoms with van der Waals surface area (Å²) in [6.45, 7) is 2.84. The van der Waals surface area contributed by atoms with Crippen LogP contribution in [0.25, 0.3) is 0 Å². The van der Waals surface area contributed by atoms with Crippen LogP contribution in [0.3, 0.4) is 0 Å². The maximum atomic E-state index is 13.2. The Morgan fingerprint density at radius 1 is 1.21 bits per heavy atom. The van der Waals surface area contributed by atoms with Gasteiger partial charge in [-0.2, -0.15) is 0 Å². The minimum atomic E-state index is -0.564. The molecule has 3 aliphatic rings. The third-order valence-corrected chi connectivity index (χ3v) is 6.33. The highest BCUT2D eigenvalue weighted by molar-refractivity contribution is 5.83. The predicted octanol–water partition coefficient (Wildman–Crippen LogP) is -0.246. The zero-order chi connectivity index (χ0) is 20.0. The molecule has 0 radical (unpaired) electrons. The lowest BCUT2D eigenvalue weighted by molar-refractivity contribution is -0.147. The molecule has 0 unspecified atom stereocenters. The van der Waals surface area contributed by atoms with Crippen LogP contribution in [-0.4, -0.2) is 91.1 Å². The molecule has 0 spiro atoms. The van der Waals surface area contributed by atoms with Crippen LogP contribution in [0, 0.1) is 5.92 Å². The summed E-state index contributed by atoms with van der Waals surface area (Å²) in [5, 5.41) is 0. The van der Waals surface area contributed by atoms with Crippen molar-refractivity contribution in [3.63, 3.8) is 0 Å². The molecule has 1 aromatic heterocycles. The molecule has 2 amide bonds. The van der Waals surface area contributed by atoms with Gasteiger partial charge in [-0.3, -0.25) is 23.9 Å². The summed E-state index contributed by atoms with van der Waals surface area (Å²) in [5.74, 6) is -0.0391. The summed E-state index contributed by atoms with van der Waals surface area (Å²) >= 11 is 0. The summed E-state index contributed by atoms with van der Waals surface area (Å²) in [4.78, 5) is 44.3. The number of aromatic nitrogens is 1. The zero-order valence-corrected chi connectivity index (χ0v) is 16.7. The van der Waals surface area contributed by atoms with Crippen molar-refractivity contribution in [2.45, 2.75) is 24.4 Å². The van der Waals surface area contributed by atoms with E-state index in [-0.39, 0.29) is 35.3 Å². The molecule has 0 aliphatic carbocycles. The van der Waals surface area contributed by atoms with Crippen LogP contribution in [-0.2, 0) is 14.3 Å². The molecule has 2 fully saturated rings. The number of rotatable bonds is 2. The summed E-state index contributed by atoms with van der Waals surface area (Å²) in [5.41, 5.74) is 0.710. The standard InChI is InChI=1S/C20H28N4O4/c1-21(2)20(27)18-14-9-13(15-5-4-6-17(25)24(15)18)10-23(11-14)19(26)16-12-28-8-7-22(16)3/h4-6,13-14,16,18H,7-12H2,1-3H3/t13-,14+,16-,18-/m1/s1. The Morgan fingerprint density at radius 3 is 2.71 bits per heavy atom. The van der Waals surface area contributed by atoms with Gasteiger partial charge in [0.1, 0.15) is 12.1 Å². The van der Waals surface area contributed by atoms with E-state index >= 15 is 0 Å². The Kier molecular flexibility index (Phi) is 5.01. The number of carbonyl (C=O) groups excluding carboxylic acids is 2. The van der Waals surface area contributed by atoms with Crippen molar-refractivity contribution in [2.75, 3.05) is 54.0 Å². The molecule has 0 N–H and O–H groups in total. The largest absolute Gasteiger partial charge is 0.378 e. The number of pyridine rings is 1. The minimum absolute atomic E-state index is 0.0553. The maximum absolute atomic E-state index is 13.2. The number of morpholine rings is 1. The molecule has 28 heavy (non-hydrogen) atoms. The molecule has 4 heterocycles. The first-order valence-electron chi connectivity index (χ1n) is 9.88. The van der Waals surface area contributed by atoms with Crippen molar-refractivity contribution < 1.29 is 14.3 Å². The average Bonchev–Trinajstić information content (AvgIpc) is 2.68. The number of likely N-dealkylation sites (N-methyl/N-ethyl adjacent to an activating group) is 2. The van der Waals surface area contributed by atoms with Gasteiger partial charge in [0.25, 0.3) is 5.56 Å². The van der Waals surface area contributed by atoms with Crippen molar-refractivity contribution in [3.05, 3.63) is 34.2 Å². The van der Waals surface area contributed by atoms with Gasteiger partial charge < -0.3 is 14.5 Å². The van der Waals surface area contributed by atoms with Crippen LogP contribution in [0.2, 0.25) is 0 Å². The molecule has 2 saturated heterocycles. The van der Waals surface area contributed by atoms with Crippen molar-refractivity contribution in [1.82, 2.24) is 19.3 Å². The topological polar surface area (TPSA) is 75.1 Å². The van der Waals surface area contributed by atoms with Crippen LogP contribution < -0.4 is 5.56 Å². The second kappa shape index (κ2) is 7.33. The highest BCUT2D eigenvalue weighted by Gasteiger charge is 2.46. The second-order valence-electron chi connectivity index (χ2n) is 8.34. The van der Waals surface area contributed by atoms with Crippen molar-refractivity contribution in [2.24, 2.45) is 5.92 Å². The molecule has 3 aliphatic heterocycles. The maximum Gasteiger partial charge on any atom is 0.251 e. The van der Waals surface area contributed by atoms with Crippen LogP contribution in [0.1, 0.15) is 24.1 Å². The fourth-order valence-electron chi connectivity index (χ4n) is 4.85. The Labute approximate surface area is 164 Å². The van der Waals surface area contributed by atoms with Crippen molar-refractivity contribution in [1.29, 1.82) is 0 Å². The molecule has 152 valence electrons. The van der Waals surface area contributed by atoms with Crippen LogP contribution in [0.4, 0.5) is 0 Å². The molecule has 0 saturated carbocycles. The fourth-order valence-corrected chi connectivity index (χ4v) is 4.85. The number of piperidine rings is 1. The Morgan fingerprint density at radius 2 is 2.00 bits per heavy atom. The molecular formula is C20H28N4O4. The van der Waals surface area contributed by atoms with Gasteiger partial charge in [-0.05, 0) is 19.5 Å². The number of ether oxygens (including phenoxy) is 1. The number of likely N-dealkylation sites (tertiary alicyclic amines) is 1. The van der Waals surface area contributed by atoms with Gasteiger partial charge >= 0.3 is 0 Å². The monoisotopic (exact) mass is 388 g/mol. The Bertz CT molecular complexity index is 836. The van der Waals surface area contributed by atoms with Crippen LogP contribution in [0.5, 0.6) is 0 Å². The lowest BCUT2D eigenvalue weighted by Gasteiger charge is -2.48. The van der Waals surface area contributed by atoms with E-state index < -0.39 is 6.04 Å². The van der Waals surface area contributed by atoms with E-state index in [1.165, 1.54) is 11.0 Å². The van der Waals surface area contributed by atoms with Gasteiger partial charge in [0.2, 0.25) is 11.8 Å². The van der Waals surface area contributed by atoms with Gasteiger partial charge in [0.05, 0.1) is 13.2 Å². The third-order valence-electron chi connectivity index (χ3n) is 6.33. The molecule has 8 nitrogen and oxygen atoms in total. The number of hydrogen-bond acceptors (Lipinski definition) is 5. The van der Waals surface area contributed by atoms with E-state index in [9.17, 15) is 14.4 Å². The smallest absolute Gasteiger partial charge is 0.251 e. The van der Waals surface area contributed by atoms with E-state index in [1.54, 1.807) is 24.7 Å². The van der Waals surface area contributed by atoms with E-state index in [0.717, 1.165) is 18.7 Å². The van der Waals surface area contributed by atoms with E-state index in [0.29, 0.717) is 26.3 Å². The van der Waals surface area contributed by atoms with Crippen LogP contribution in [0.15, 0.2) is 23.0 Å². The molecule has 0 aromatic carbocycles.